The average Bonchev–Trinajstić information content (AvgIpc) is 2.68. The van der Waals surface area contributed by atoms with Crippen molar-refractivity contribution < 1.29 is 0 Å². The van der Waals surface area contributed by atoms with Crippen LogP contribution < -0.4 is 10.4 Å². The van der Waals surface area contributed by atoms with E-state index in [4.69, 9.17) is 12.8 Å². The highest BCUT2D eigenvalue weighted by Crippen LogP contribution is 2.30. The maximum atomic E-state index is 9.53. The number of pyridine rings is 2. The molecule has 1 fully saturated rings. The largest absolute Gasteiger partial charge is 0.356 e. The Morgan fingerprint density at radius 3 is 2.92 bits per heavy atom. The van der Waals surface area contributed by atoms with Gasteiger partial charge in [0.2, 0.25) is 0 Å². The van der Waals surface area contributed by atoms with Crippen LogP contribution in [0.4, 0.5) is 5.82 Å². The Kier molecular flexibility index (Phi) is 4.11. The molecular weight excluding hydrogens is 307 g/mol. The number of fused-ring (bicyclic) bond motifs is 1. The summed E-state index contributed by atoms with van der Waals surface area (Å²) >= 11 is 0. The lowest BCUT2D eigenvalue weighted by atomic mass is 9.93. The van der Waals surface area contributed by atoms with Gasteiger partial charge in [0.25, 0.3) is 0 Å². The molecule has 1 aromatic carbocycles. The Labute approximate surface area is 148 Å². The molecule has 1 atom stereocenters. The van der Waals surface area contributed by atoms with Crippen LogP contribution >= 0.6 is 0 Å². The molecule has 1 saturated heterocycles. The molecule has 25 heavy (non-hydrogen) atoms. The van der Waals surface area contributed by atoms with Crippen molar-refractivity contribution in [2.24, 2.45) is 0 Å². The fraction of sp³-hybridized carbons (Fsp3) is 0.250. The second-order valence-corrected chi connectivity index (χ2v) is 6.46. The summed E-state index contributed by atoms with van der Waals surface area (Å²) in [5.74, 6) is 1.25. The number of nitrogens with zero attached hydrogens (tertiary/aromatic N) is 4. The zero-order valence-corrected chi connectivity index (χ0v) is 13.9. The van der Waals surface area contributed by atoms with Crippen molar-refractivity contribution >= 4 is 30.0 Å². The van der Waals surface area contributed by atoms with Crippen molar-refractivity contribution in [3.8, 4) is 6.07 Å². The van der Waals surface area contributed by atoms with Crippen LogP contribution in [-0.4, -0.2) is 30.9 Å². The maximum Gasteiger partial charge on any atom is 0.130 e. The predicted octanol–water partition coefficient (Wildman–Crippen LogP) is 2.68. The monoisotopic (exact) mass is 324 g/mol. The Balaban J connectivity index is 1.69. The van der Waals surface area contributed by atoms with Crippen molar-refractivity contribution in [1.29, 1.82) is 5.26 Å². The van der Waals surface area contributed by atoms with Gasteiger partial charge in [0.1, 0.15) is 13.7 Å². The lowest BCUT2D eigenvalue weighted by Crippen LogP contribution is -2.35. The first-order valence-corrected chi connectivity index (χ1v) is 8.51. The Morgan fingerprint density at radius 1 is 1.20 bits per heavy atom. The zero-order chi connectivity index (χ0) is 17.2. The highest BCUT2D eigenvalue weighted by molar-refractivity contribution is 6.33. The van der Waals surface area contributed by atoms with Crippen LogP contribution in [0.3, 0.4) is 0 Å². The maximum absolute atomic E-state index is 9.53. The molecule has 0 bridgehead atoms. The third kappa shape index (κ3) is 3.08. The molecule has 1 aliphatic rings. The molecule has 0 amide bonds. The molecule has 120 valence electrons. The highest BCUT2D eigenvalue weighted by Gasteiger charge is 2.23. The van der Waals surface area contributed by atoms with Crippen LogP contribution in [0.5, 0.6) is 0 Å². The molecule has 5 heteroatoms. The van der Waals surface area contributed by atoms with Crippen molar-refractivity contribution in [3.63, 3.8) is 0 Å². The molecule has 4 rings (SSSR count). The van der Waals surface area contributed by atoms with Crippen LogP contribution in [0, 0.1) is 11.3 Å². The van der Waals surface area contributed by atoms with Gasteiger partial charge in [-0.2, -0.15) is 5.26 Å². The van der Waals surface area contributed by atoms with Crippen LogP contribution in [0.25, 0.3) is 10.9 Å². The van der Waals surface area contributed by atoms with E-state index in [0.717, 1.165) is 48.3 Å². The zero-order valence-electron chi connectivity index (χ0n) is 13.9. The van der Waals surface area contributed by atoms with Crippen LogP contribution in [0.2, 0.25) is 0 Å². The lowest BCUT2D eigenvalue weighted by Gasteiger charge is -2.33. The molecule has 4 nitrogen and oxygen atoms in total. The minimum Gasteiger partial charge on any atom is -0.356 e. The molecule has 2 aromatic heterocycles. The van der Waals surface area contributed by atoms with Gasteiger partial charge in [-0.25, -0.2) is 4.98 Å². The van der Waals surface area contributed by atoms with E-state index in [1.165, 1.54) is 0 Å². The summed E-state index contributed by atoms with van der Waals surface area (Å²) in [5, 5.41) is 10.3. The van der Waals surface area contributed by atoms with Crippen LogP contribution in [-0.2, 0) is 0 Å². The van der Waals surface area contributed by atoms with E-state index in [-0.39, 0.29) is 0 Å². The quantitative estimate of drug-likeness (QED) is 0.680. The van der Waals surface area contributed by atoms with Crippen LogP contribution in [0.15, 0.2) is 48.7 Å². The topological polar surface area (TPSA) is 52.8 Å². The summed E-state index contributed by atoms with van der Waals surface area (Å²) in [6.45, 7) is 1.82. The van der Waals surface area contributed by atoms with Crippen molar-refractivity contribution in [2.45, 2.75) is 18.8 Å². The van der Waals surface area contributed by atoms with Crippen molar-refractivity contribution in [1.82, 2.24) is 9.97 Å². The van der Waals surface area contributed by atoms with Gasteiger partial charge < -0.3 is 4.90 Å². The molecule has 3 aromatic rings. The molecule has 0 spiro atoms. The van der Waals surface area contributed by atoms with E-state index >= 15 is 0 Å². The summed E-state index contributed by atoms with van der Waals surface area (Å²) in [6.07, 6.45) is 4.06. The molecule has 1 unspecified atom stereocenters. The van der Waals surface area contributed by atoms with Gasteiger partial charge in [-0.1, -0.05) is 23.7 Å². The lowest BCUT2D eigenvalue weighted by molar-refractivity contribution is 0.499. The number of nitriles is 1. The summed E-state index contributed by atoms with van der Waals surface area (Å²) in [5.41, 5.74) is 3.20. The molecular formula is C20H17BN4. The standard InChI is InChI=1S/C20H17BN4/c21-16-6-7-19-17(11-16)15(12-22)10-20(24-19)25-9-3-4-14(13-25)18-5-1-2-8-23-18/h1-2,5-8,10-11,14H,3-4,9,13H2. The Hall–Kier alpha value is -2.87. The van der Waals surface area contributed by atoms with Gasteiger partial charge in [0, 0.05) is 36.3 Å². The Morgan fingerprint density at radius 2 is 2.12 bits per heavy atom. The van der Waals surface area contributed by atoms with E-state index in [1.54, 1.807) is 0 Å². The molecule has 0 N–H and O–H groups in total. The fourth-order valence-corrected chi connectivity index (χ4v) is 3.53. The number of hydrogen-bond donors (Lipinski definition) is 0. The van der Waals surface area contributed by atoms with Gasteiger partial charge in [-0.05, 0) is 37.1 Å². The second-order valence-electron chi connectivity index (χ2n) is 6.46. The fourth-order valence-electron chi connectivity index (χ4n) is 3.53. The van der Waals surface area contributed by atoms with Gasteiger partial charge in [-0.3, -0.25) is 4.98 Å². The predicted molar refractivity (Wildman–Crippen MR) is 100 cm³/mol. The minimum atomic E-state index is 0.393. The van der Waals surface area contributed by atoms with Crippen molar-refractivity contribution in [3.05, 3.63) is 59.9 Å². The smallest absolute Gasteiger partial charge is 0.130 e. The second kappa shape index (κ2) is 6.56. The SMILES string of the molecule is [B]c1ccc2nc(N3CCCC(c4ccccn4)C3)cc(C#N)c2c1. The van der Waals surface area contributed by atoms with E-state index in [9.17, 15) is 5.26 Å². The third-order valence-corrected chi connectivity index (χ3v) is 4.79. The Bertz CT molecular complexity index is 949. The number of hydrogen-bond acceptors (Lipinski definition) is 4. The average molecular weight is 324 g/mol. The van der Waals surface area contributed by atoms with E-state index in [2.05, 4.69) is 22.0 Å². The minimum absolute atomic E-state index is 0.393. The molecule has 0 aliphatic carbocycles. The molecule has 0 saturated carbocycles. The molecule has 2 radical (unpaired) electrons. The van der Waals surface area contributed by atoms with Gasteiger partial charge >= 0.3 is 0 Å². The highest BCUT2D eigenvalue weighted by atomic mass is 15.2. The van der Waals surface area contributed by atoms with Gasteiger partial charge in [0.05, 0.1) is 17.1 Å². The van der Waals surface area contributed by atoms with E-state index < -0.39 is 0 Å². The number of piperidine rings is 1. The number of benzene rings is 1. The van der Waals surface area contributed by atoms with E-state index in [0.29, 0.717) is 16.9 Å². The summed E-state index contributed by atoms with van der Waals surface area (Å²) in [6, 6.07) is 15.8. The molecule has 3 heterocycles. The summed E-state index contributed by atoms with van der Waals surface area (Å²) in [4.78, 5) is 11.5. The van der Waals surface area contributed by atoms with Crippen LogP contribution in [0.1, 0.15) is 30.0 Å². The summed E-state index contributed by atoms with van der Waals surface area (Å²) in [7, 11) is 5.86. The van der Waals surface area contributed by atoms with Crippen molar-refractivity contribution in [2.75, 3.05) is 18.0 Å². The van der Waals surface area contributed by atoms with Gasteiger partial charge in [0.15, 0.2) is 0 Å². The molecule has 1 aliphatic heterocycles. The normalized spacial score (nSPS) is 17.4. The first-order chi connectivity index (χ1) is 12.2. The number of rotatable bonds is 2. The first-order valence-electron chi connectivity index (χ1n) is 8.51. The first kappa shape index (κ1) is 15.7. The number of aromatic nitrogens is 2. The number of anilines is 1. The van der Waals surface area contributed by atoms with Gasteiger partial charge in [-0.15, -0.1) is 0 Å². The third-order valence-electron chi connectivity index (χ3n) is 4.79. The van der Waals surface area contributed by atoms with E-state index in [1.807, 2.05) is 42.6 Å². The summed E-state index contributed by atoms with van der Waals surface area (Å²) < 4.78 is 0.